The average Bonchev–Trinajstić information content (AvgIpc) is 3.23. The number of hydrogen-bond acceptors (Lipinski definition) is 8. The molecule has 0 saturated carbocycles. The Hall–Kier alpha value is -2.92. The van der Waals surface area contributed by atoms with Crippen LogP contribution in [0.1, 0.15) is 35.2 Å². The minimum absolute atomic E-state index is 0.103. The maximum atomic E-state index is 12.9. The first-order valence-corrected chi connectivity index (χ1v) is 13.0. The average molecular weight is 544 g/mol. The molecule has 37 heavy (non-hydrogen) atoms. The van der Waals surface area contributed by atoms with E-state index in [1.807, 2.05) is 54.0 Å². The summed E-state index contributed by atoms with van der Waals surface area (Å²) in [7, 11) is 1.62. The van der Waals surface area contributed by atoms with Crippen molar-refractivity contribution < 1.29 is 19.0 Å². The van der Waals surface area contributed by atoms with Crippen molar-refractivity contribution >= 4 is 35.8 Å². The summed E-state index contributed by atoms with van der Waals surface area (Å²) in [5.41, 5.74) is 3.30. The van der Waals surface area contributed by atoms with Crippen molar-refractivity contribution in [2.75, 3.05) is 45.8 Å². The summed E-state index contributed by atoms with van der Waals surface area (Å²) in [6.07, 6.45) is 0.103. The fraction of sp³-hybridized carbons (Fsp3) is 0.385. The normalized spacial score (nSPS) is 14.4. The third-order valence-electron chi connectivity index (χ3n) is 5.81. The second-order valence-corrected chi connectivity index (χ2v) is 9.21. The maximum absolute atomic E-state index is 12.9. The highest BCUT2D eigenvalue weighted by atomic mass is 35.5. The number of carbonyl (C=O) groups excluding carboxylic acids is 1. The SMILES string of the molecule is COc1ccc2c(c1)C(c1ccc(Cl)cc1)=N[C@@H](CC(=O)NCCOCCOCCS)c1nnc(C)n1-2. The minimum atomic E-state index is -0.555. The molecule has 0 bridgehead atoms. The van der Waals surface area contributed by atoms with Gasteiger partial charge < -0.3 is 19.5 Å². The molecule has 0 unspecified atom stereocenters. The number of aliphatic imine (C=N–C) groups is 1. The maximum Gasteiger partial charge on any atom is 0.222 e. The van der Waals surface area contributed by atoms with E-state index >= 15 is 0 Å². The minimum Gasteiger partial charge on any atom is -0.497 e. The number of aryl methyl sites for hydroxylation is 1. The lowest BCUT2D eigenvalue weighted by atomic mass is 10.00. The van der Waals surface area contributed by atoms with Gasteiger partial charge in [0, 0.05) is 28.4 Å². The van der Waals surface area contributed by atoms with Crippen LogP contribution in [0.5, 0.6) is 5.75 Å². The Morgan fingerprint density at radius 3 is 2.57 bits per heavy atom. The van der Waals surface area contributed by atoms with Crippen molar-refractivity contribution in [1.29, 1.82) is 0 Å². The van der Waals surface area contributed by atoms with Crippen LogP contribution in [0.3, 0.4) is 0 Å². The Labute approximate surface area is 226 Å². The first kappa shape index (κ1) is 27.1. The number of hydrogen-bond donors (Lipinski definition) is 2. The zero-order valence-corrected chi connectivity index (χ0v) is 22.5. The Morgan fingerprint density at radius 2 is 1.84 bits per heavy atom. The summed E-state index contributed by atoms with van der Waals surface area (Å²) < 4.78 is 18.3. The molecule has 2 heterocycles. The van der Waals surface area contributed by atoms with Gasteiger partial charge in [-0.3, -0.25) is 14.4 Å². The number of rotatable bonds is 12. The summed E-state index contributed by atoms with van der Waals surface area (Å²) in [6.45, 7) is 4.20. The van der Waals surface area contributed by atoms with E-state index < -0.39 is 6.04 Å². The van der Waals surface area contributed by atoms with Crippen molar-refractivity contribution in [2.24, 2.45) is 4.99 Å². The number of methoxy groups -OCH3 is 1. The molecule has 0 fully saturated rings. The van der Waals surface area contributed by atoms with Crippen LogP contribution >= 0.6 is 24.2 Å². The number of halogens is 1. The quantitative estimate of drug-likeness (QED) is 0.267. The third kappa shape index (κ3) is 6.70. The van der Waals surface area contributed by atoms with E-state index in [1.54, 1.807) is 7.11 Å². The number of nitrogens with one attached hydrogen (secondary N) is 1. The Bertz CT molecular complexity index is 1250. The molecule has 1 atom stereocenters. The topological polar surface area (TPSA) is 99.9 Å². The molecule has 4 rings (SSSR count). The van der Waals surface area contributed by atoms with E-state index in [0.29, 0.717) is 61.1 Å². The Morgan fingerprint density at radius 1 is 1.08 bits per heavy atom. The molecule has 2 aromatic carbocycles. The predicted molar refractivity (Wildman–Crippen MR) is 146 cm³/mol. The lowest BCUT2D eigenvalue weighted by Gasteiger charge is -2.14. The second-order valence-electron chi connectivity index (χ2n) is 8.33. The first-order chi connectivity index (χ1) is 18.0. The van der Waals surface area contributed by atoms with Crippen LogP contribution in [-0.4, -0.2) is 72.2 Å². The molecule has 0 radical (unpaired) electrons. The fourth-order valence-electron chi connectivity index (χ4n) is 4.07. The van der Waals surface area contributed by atoms with Crippen LogP contribution in [0.25, 0.3) is 5.69 Å². The number of fused-ring (bicyclic) bond motifs is 3. The predicted octanol–water partition coefficient (Wildman–Crippen LogP) is 3.60. The standard InChI is InChI=1S/C26H30ClN5O4S/c1-17-30-31-26-22(16-24(33)28-9-10-35-11-12-36-13-14-37)29-25(18-3-5-19(27)6-4-18)21-15-20(34-2)7-8-23(21)32(17)26/h3-8,15,22,37H,9-14,16H2,1-2H3,(H,28,33)/t22-/m0/s1. The van der Waals surface area contributed by atoms with Crippen molar-refractivity contribution in [3.63, 3.8) is 0 Å². The van der Waals surface area contributed by atoms with Gasteiger partial charge in [-0.2, -0.15) is 12.6 Å². The molecule has 1 aliphatic heterocycles. The van der Waals surface area contributed by atoms with Gasteiger partial charge in [0.05, 0.1) is 51.4 Å². The monoisotopic (exact) mass is 543 g/mol. The van der Waals surface area contributed by atoms with E-state index in [9.17, 15) is 4.79 Å². The molecule has 11 heteroatoms. The van der Waals surface area contributed by atoms with E-state index in [1.165, 1.54) is 0 Å². The lowest BCUT2D eigenvalue weighted by molar-refractivity contribution is -0.121. The molecule has 1 aromatic heterocycles. The summed E-state index contributed by atoms with van der Waals surface area (Å²) in [5.74, 6) is 2.51. The second kappa shape index (κ2) is 13.0. The van der Waals surface area contributed by atoms with Gasteiger partial charge in [-0.05, 0) is 37.3 Å². The molecule has 9 nitrogen and oxygen atoms in total. The molecule has 196 valence electrons. The summed E-state index contributed by atoms with van der Waals surface area (Å²) in [6, 6.07) is 12.7. The molecule has 1 aliphatic rings. The van der Waals surface area contributed by atoms with Crippen molar-refractivity contribution in [2.45, 2.75) is 19.4 Å². The van der Waals surface area contributed by atoms with E-state index in [-0.39, 0.29) is 12.3 Å². The number of benzene rings is 2. The molecule has 0 saturated heterocycles. The van der Waals surface area contributed by atoms with Crippen molar-refractivity contribution in [1.82, 2.24) is 20.1 Å². The molecule has 0 spiro atoms. The number of aromatic nitrogens is 3. The molecular weight excluding hydrogens is 514 g/mol. The molecule has 1 N–H and O–H groups in total. The van der Waals surface area contributed by atoms with Crippen LogP contribution in [-0.2, 0) is 14.3 Å². The highest BCUT2D eigenvalue weighted by Crippen LogP contribution is 2.34. The van der Waals surface area contributed by atoms with Gasteiger partial charge in [0.15, 0.2) is 5.82 Å². The van der Waals surface area contributed by atoms with Gasteiger partial charge in [0.25, 0.3) is 0 Å². The first-order valence-electron chi connectivity index (χ1n) is 12.0. The smallest absolute Gasteiger partial charge is 0.222 e. The number of thiol groups is 1. The fourth-order valence-corrected chi connectivity index (χ4v) is 4.33. The zero-order chi connectivity index (χ0) is 26.2. The van der Waals surface area contributed by atoms with Crippen LogP contribution in [0.4, 0.5) is 0 Å². The number of amides is 1. The highest BCUT2D eigenvalue weighted by molar-refractivity contribution is 7.80. The van der Waals surface area contributed by atoms with Gasteiger partial charge in [0.2, 0.25) is 5.91 Å². The van der Waals surface area contributed by atoms with Crippen LogP contribution in [0, 0.1) is 6.92 Å². The Kier molecular flexibility index (Phi) is 9.56. The highest BCUT2D eigenvalue weighted by Gasteiger charge is 2.30. The van der Waals surface area contributed by atoms with Gasteiger partial charge in [0.1, 0.15) is 17.6 Å². The molecular formula is C26H30ClN5O4S. The van der Waals surface area contributed by atoms with Crippen LogP contribution < -0.4 is 10.1 Å². The van der Waals surface area contributed by atoms with Gasteiger partial charge >= 0.3 is 0 Å². The summed E-state index contributed by atoms with van der Waals surface area (Å²) in [4.78, 5) is 18.0. The van der Waals surface area contributed by atoms with E-state index in [4.69, 9.17) is 30.8 Å². The number of nitrogens with zero attached hydrogens (tertiary/aromatic N) is 4. The molecule has 1 amide bonds. The molecule has 0 aliphatic carbocycles. The van der Waals surface area contributed by atoms with Gasteiger partial charge in [-0.15, -0.1) is 10.2 Å². The Balaban J connectivity index is 1.58. The van der Waals surface area contributed by atoms with Crippen LogP contribution in [0.2, 0.25) is 5.02 Å². The summed E-state index contributed by atoms with van der Waals surface area (Å²) in [5, 5.41) is 12.2. The van der Waals surface area contributed by atoms with E-state index in [0.717, 1.165) is 22.5 Å². The van der Waals surface area contributed by atoms with Gasteiger partial charge in [-0.1, -0.05) is 23.7 Å². The number of ether oxygens (including phenoxy) is 3. The molecule has 3 aromatic rings. The summed E-state index contributed by atoms with van der Waals surface area (Å²) >= 11 is 10.2. The third-order valence-corrected chi connectivity index (χ3v) is 6.24. The number of carbonyl (C=O) groups is 1. The van der Waals surface area contributed by atoms with Crippen LogP contribution in [0.15, 0.2) is 47.5 Å². The van der Waals surface area contributed by atoms with Crippen molar-refractivity contribution in [3.8, 4) is 11.4 Å². The van der Waals surface area contributed by atoms with Gasteiger partial charge in [-0.25, -0.2) is 0 Å². The van der Waals surface area contributed by atoms with E-state index in [2.05, 4.69) is 28.1 Å². The largest absolute Gasteiger partial charge is 0.497 e. The lowest BCUT2D eigenvalue weighted by Crippen LogP contribution is -2.29. The zero-order valence-electron chi connectivity index (χ0n) is 20.8. The van der Waals surface area contributed by atoms with Crippen molar-refractivity contribution in [3.05, 3.63) is 70.3 Å².